The van der Waals surface area contributed by atoms with Crippen molar-refractivity contribution in [3.63, 3.8) is 0 Å². The summed E-state index contributed by atoms with van der Waals surface area (Å²) < 4.78 is 48.2. The van der Waals surface area contributed by atoms with Gasteiger partial charge in [-0.1, -0.05) is 13.0 Å². The first kappa shape index (κ1) is 57.6. The number of phenols is 1. The third-order valence-corrected chi connectivity index (χ3v) is 17.7. The maximum Gasteiger partial charge on any atom is 0.319 e. The molecule has 18 nitrogen and oxygen atoms in total. The molecule has 0 bridgehead atoms. The first-order valence-corrected chi connectivity index (χ1v) is 29.1. The number of carbonyl (C=O) groups is 3. The summed E-state index contributed by atoms with van der Waals surface area (Å²) in [6, 6.07) is 13.0. The second-order valence-electron chi connectivity index (χ2n) is 22.8. The van der Waals surface area contributed by atoms with Crippen LogP contribution in [0.2, 0.25) is 0 Å². The van der Waals surface area contributed by atoms with Crippen molar-refractivity contribution >= 4 is 69.1 Å². The Bertz CT molecular complexity index is 3250. The van der Waals surface area contributed by atoms with Crippen LogP contribution in [-0.2, 0) is 37.3 Å². The summed E-state index contributed by atoms with van der Waals surface area (Å²) in [5.74, 6) is 0.244. The van der Waals surface area contributed by atoms with Crippen molar-refractivity contribution in [3.05, 3.63) is 75.7 Å². The lowest BCUT2D eigenvalue weighted by Crippen LogP contribution is -2.48. The number of anilines is 2. The monoisotopic (exact) mass is 1120 g/mol. The van der Waals surface area contributed by atoms with E-state index in [-0.39, 0.29) is 52.2 Å². The molecule has 0 spiro atoms. The van der Waals surface area contributed by atoms with Gasteiger partial charge in [-0.25, -0.2) is 8.78 Å². The van der Waals surface area contributed by atoms with E-state index in [1.165, 1.54) is 11.8 Å². The molecule has 7 aliphatic heterocycles. The Morgan fingerprint density at radius 1 is 0.938 bits per heavy atom. The van der Waals surface area contributed by atoms with Crippen molar-refractivity contribution in [1.29, 1.82) is 0 Å². The van der Waals surface area contributed by atoms with Gasteiger partial charge in [0.05, 0.1) is 46.2 Å². The normalized spacial score (nSPS) is 22.1. The fourth-order valence-electron chi connectivity index (χ4n) is 13.5. The molecule has 81 heavy (non-hydrogen) atoms. The number of ether oxygens (including phenoxy) is 3. The molecule has 0 saturated carbocycles. The van der Waals surface area contributed by atoms with Crippen LogP contribution in [0.4, 0.5) is 20.3 Å². The van der Waals surface area contributed by atoms with E-state index in [9.17, 15) is 28.3 Å². The van der Waals surface area contributed by atoms with Crippen molar-refractivity contribution < 1.29 is 42.5 Å². The zero-order valence-electron chi connectivity index (χ0n) is 47.7. The maximum absolute atomic E-state index is 14.9. The maximum atomic E-state index is 14.9. The average molecular weight is 1120 g/mol. The molecule has 0 aliphatic carbocycles. The van der Waals surface area contributed by atoms with Crippen LogP contribution in [0.5, 0.6) is 11.8 Å². The number of amides is 3. The number of rotatable bonds is 11. The number of phenolic OH excluding ortho intramolecular Hbond substituents is 1. The number of nitrogens with zero attached hydrogens (tertiary/aromatic N) is 10. The number of piperidine rings is 2. The Labute approximate surface area is 472 Å². The van der Waals surface area contributed by atoms with Gasteiger partial charge in [0, 0.05) is 109 Å². The van der Waals surface area contributed by atoms with E-state index in [0.717, 1.165) is 144 Å². The summed E-state index contributed by atoms with van der Waals surface area (Å²) >= 11 is 0. The number of benzene rings is 3. The number of imide groups is 1. The van der Waals surface area contributed by atoms with Gasteiger partial charge in [-0.2, -0.15) is 15.1 Å². The molecule has 7 aliphatic rings. The Morgan fingerprint density at radius 2 is 1.70 bits per heavy atom. The molecule has 6 saturated heterocycles. The van der Waals surface area contributed by atoms with Crippen LogP contribution in [-0.4, -0.2) is 175 Å². The van der Waals surface area contributed by atoms with Gasteiger partial charge in [0.1, 0.15) is 35.7 Å². The molecule has 6 fully saturated rings. The molecule has 3 amide bonds. The molecule has 0 radical (unpaired) electrons. The number of carbonyl (C=O) groups excluding carboxylic acids is 3. The highest BCUT2D eigenvalue weighted by molar-refractivity contribution is 6.12. The number of hydrogen-bond donors (Lipinski definition) is 2. The Morgan fingerprint density at radius 3 is 2.42 bits per heavy atom. The minimum atomic E-state index is -0.376. The second kappa shape index (κ2) is 25.7. The molecule has 9 heterocycles. The number of hydrogen-bond acceptors (Lipinski definition) is 15. The van der Waals surface area contributed by atoms with Gasteiger partial charge in [-0.05, 0) is 149 Å². The van der Waals surface area contributed by atoms with Crippen LogP contribution in [0.1, 0.15) is 107 Å². The topological polar surface area (TPSA) is 183 Å². The van der Waals surface area contributed by atoms with E-state index in [1.54, 1.807) is 32.4 Å². The van der Waals surface area contributed by atoms with E-state index in [0.29, 0.717) is 97.9 Å². The molecule has 2 N–H and O–H groups in total. The molecule has 12 rings (SSSR count). The number of methoxy groups -OCH3 is 1. The van der Waals surface area contributed by atoms with E-state index >= 15 is 0 Å². The molecule has 2 aromatic heterocycles. The Balaban J connectivity index is 0.000000181. The molecule has 5 aromatic rings. The summed E-state index contributed by atoms with van der Waals surface area (Å²) in [4.78, 5) is 61.0. The van der Waals surface area contributed by atoms with Crippen LogP contribution in [0.15, 0.2) is 47.5 Å². The molecule has 2 atom stereocenters. The highest BCUT2D eigenvalue weighted by Gasteiger charge is 2.45. The number of aryl methyl sites for hydroxylation is 2. The van der Waals surface area contributed by atoms with Gasteiger partial charge in [-0.15, -0.1) is 0 Å². The van der Waals surface area contributed by atoms with Crippen molar-refractivity contribution in [2.24, 2.45) is 18.0 Å². The van der Waals surface area contributed by atoms with Gasteiger partial charge >= 0.3 is 6.01 Å². The number of aromatic nitrogens is 4. The van der Waals surface area contributed by atoms with E-state index < -0.39 is 0 Å². The highest BCUT2D eigenvalue weighted by Crippen LogP contribution is 2.40. The highest BCUT2D eigenvalue weighted by atomic mass is 19.1. The second-order valence-corrected chi connectivity index (χ2v) is 22.8. The molecule has 2 unspecified atom stereocenters. The predicted molar refractivity (Wildman–Crippen MR) is 309 cm³/mol. The van der Waals surface area contributed by atoms with Crippen LogP contribution < -0.4 is 30.4 Å². The van der Waals surface area contributed by atoms with E-state index in [4.69, 9.17) is 19.5 Å². The molecule has 434 valence electrons. The summed E-state index contributed by atoms with van der Waals surface area (Å²) in [5, 5.41) is 20.8. The zero-order chi connectivity index (χ0) is 56.8. The van der Waals surface area contributed by atoms with Crippen molar-refractivity contribution in [2.45, 2.75) is 108 Å². The third-order valence-electron chi connectivity index (χ3n) is 17.7. The summed E-state index contributed by atoms with van der Waals surface area (Å²) in [6.45, 7) is 15.3. The number of nitrogens with one attached hydrogen (secondary N) is 1. The number of aliphatic imine (C=N–C) groups is 1. The van der Waals surface area contributed by atoms with Crippen molar-refractivity contribution in [3.8, 4) is 11.8 Å². The minimum Gasteiger partial charge on any atom is -0.508 e. The minimum absolute atomic E-state index is 0.00818. The van der Waals surface area contributed by atoms with Crippen LogP contribution in [0.3, 0.4) is 0 Å². The summed E-state index contributed by atoms with van der Waals surface area (Å²) in [5.41, 5.74) is 5.41. The molecular weight excluding hydrogens is 1040 g/mol. The van der Waals surface area contributed by atoms with Gasteiger partial charge in [0.25, 0.3) is 0 Å². The van der Waals surface area contributed by atoms with Gasteiger partial charge in [0.2, 0.25) is 18.2 Å². The zero-order valence-corrected chi connectivity index (χ0v) is 47.7. The fraction of sp³-hybridized carbons (Fsp3) is 0.557. The number of fused-ring (bicyclic) bond motifs is 6. The number of likely N-dealkylation sites (tertiary alicyclic amines) is 1. The van der Waals surface area contributed by atoms with Gasteiger partial charge in [0.15, 0.2) is 0 Å². The SMILES string of the molecule is CCc1c(F)ccc2cc(O)cc(C(C)=NC3=c4c(nc(OCC56CCCN5CCC6)n/c4=C\F)N4CCCOCC4CC3)c12.COC.Cn1nc(C2CCC(=O)NC2=O)c2ccc(N3CCN(CC4CCN(C=O)CC4)CC3)cc21. The van der Waals surface area contributed by atoms with E-state index in [2.05, 4.69) is 57.9 Å². The Hall–Kier alpha value is -6.61. The number of piperazine rings is 1. The molecular formula is C61H79F2N11O7. The number of aromatic hydroxyl groups is 1. The van der Waals surface area contributed by atoms with Crippen molar-refractivity contribution in [1.82, 2.24) is 39.8 Å². The fourth-order valence-corrected chi connectivity index (χ4v) is 13.5. The lowest BCUT2D eigenvalue weighted by molar-refractivity contribution is -0.134. The van der Waals surface area contributed by atoms with Crippen molar-refractivity contribution in [2.75, 3.05) is 109 Å². The van der Waals surface area contributed by atoms with Gasteiger partial charge in [-0.3, -0.25) is 39.2 Å². The van der Waals surface area contributed by atoms with Crippen LogP contribution >= 0.6 is 0 Å². The average Bonchev–Trinajstić information content (AvgIpc) is 4.33. The third kappa shape index (κ3) is 12.4. The Kier molecular flexibility index (Phi) is 18.3. The predicted octanol–water partition coefficient (Wildman–Crippen LogP) is 6.10. The largest absolute Gasteiger partial charge is 0.508 e. The standard InChI is InChI=1S/C35H41F2N5O3.C24H32N6O3.C2H6O/c1-3-26-28(37)9-7-23-17-25(43)18-27(31(23)26)22(2)38-29-10-8-24-20-44-16-6-15-42(24)33-32(29)30(19-36)39-34(40-33)45-21-35-11-4-13-41(35)14-5-12-35;1-27-21-14-18(2-3-19(21)23(26-27)20-4-5-22(32)25-24(20)33)30-12-10-28(11-13-30)15-17-6-8-29(16-31)9-7-17;1-3-2/h7,9,17-19,24,43H,3-6,8,10-16,20-21H2,1-2H3;2-3,14,16-17,20H,4-13,15H2,1H3,(H,25,32,33);1-2H3/b30-19-,38-22?;;. The summed E-state index contributed by atoms with van der Waals surface area (Å²) in [6.07, 6.45) is 11.6. The van der Waals surface area contributed by atoms with Crippen LogP contribution in [0, 0.1) is 11.7 Å². The molecule has 20 heteroatoms. The molecule has 3 aromatic carbocycles. The lowest BCUT2D eigenvalue weighted by Gasteiger charge is -2.39. The number of halogens is 2. The quantitative estimate of drug-likeness (QED) is 0.0879. The van der Waals surface area contributed by atoms with Crippen LogP contribution in [0.25, 0.3) is 33.7 Å². The smallest absolute Gasteiger partial charge is 0.319 e. The lowest BCUT2D eigenvalue weighted by atomic mass is 9.93. The first-order valence-electron chi connectivity index (χ1n) is 29.1. The first-order chi connectivity index (χ1) is 39.3. The van der Waals surface area contributed by atoms with Gasteiger partial charge < -0.3 is 34.0 Å². The summed E-state index contributed by atoms with van der Waals surface area (Å²) in [7, 11) is 5.16. The van der Waals surface area contributed by atoms with E-state index in [1.807, 2.05) is 30.5 Å².